The first-order chi connectivity index (χ1) is 8.72. The molecule has 0 heterocycles. The van der Waals surface area contributed by atoms with E-state index in [0.717, 1.165) is 11.3 Å². The number of rotatable bonds is 4. The molecule has 0 aromatic heterocycles. The van der Waals surface area contributed by atoms with Crippen LogP contribution >= 0.6 is 12.4 Å². The molecule has 0 aliphatic carbocycles. The lowest BCUT2D eigenvalue weighted by Crippen LogP contribution is -2.11. The highest BCUT2D eigenvalue weighted by molar-refractivity contribution is 5.85. The summed E-state index contributed by atoms with van der Waals surface area (Å²) in [6, 6.07) is 14.7. The molecule has 0 unspecified atom stereocenters. The number of nitrogens with two attached hydrogens (primary N) is 1. The molecule has 0 aliphatic rings. The van der Waals surface area contributed by atoms with Crippen molar-refractivity contribution < 1.29 is 4.74 Å². The second-order valence-corrected chi connectivity index (χ2v) is 4.43. The molecule has 0 bridgehead atoms. The lowest BCUT2D eigenvalue weighted by Gasteiger charge is -2.11. The molecular formula is C16H20ClNO. The first-order valence-electron chi connectivity index (χ1n) is 6.22. The Labute approximate surface area is 121 Å². The van der Waals surface area contributed by atoms with Gasteiger partial charge in [0, 0.05) is 6.54 Å². The third-order valence-corrected chi connectivity index (χ3v) is 3.01. The van der Waals surface area contributed by atoms with E-state index in [1.54, 1.807) is 0 Å². The second kappa shape index (κ2) is 7.17. The predicted molar refractivity (Wildman–Crippen MR) is 83.1 cm³/mol. The van der Waals surface area contributed by atoms with Crippen LogP contribution in [0.1, 0.15) is 11.1 Å². The van der Waals surface area contributed by atoms with Gasteiger partial charge >= 0.3 is 0 Å². The summed E-state index contributed by atoms with van der Waals surface area (Å²) in [6.07, 6.45) is 0. The molecule has 19 heavy (non-hydrogen) atoms. The molecular weight excluding hydrogens is 258 g/mol. The number of ether oxygens (including phenoxy) is 1. The SMILES string of the molecule is Cc1cc(-c2ccccc2C)ccc1OCCN.Cl. The van der Waals surface area contributed by atoms with E-state index in [0.29, 0.717) is 13.2 Å². The average molecular weight is 278 g/mol. The van der Waals surface area contributed by atoms with Gasteiger partial charge < -0.3 is 10.5 Å². The van der Waals surface area contributed by atoms with E-state index < -0.39 is 0 Å². The van der Waals surface area contributed by atoms with Crippen LogP contribution in [0, 0.1) is 13.8 Å². The Morgan fingerprint density at radius 3 is 2.37 bits per heavy atom. The molecule has 2 rings (SSSR count). The standard InChI is InChI=1S/C16H19NO.ClH/c1-12-5-3-4-6-15(12)14-7-8-16(13(2)11-14)18-10-9-17;/h3-8,11H,9-10,17H2,1-2H3;1H. The van der Waals surface area contributed by atoms with Gasteiger partial charge in [0.2, 0.25) is 0 Å². The Balaban J connectivity index is 0.00000180. The molecule has 2 nitrogen and oxygen atoms in total. The van der Waals surface area contributed by atoms with Crippen molar-refractivity contribution in [2.75, 3.05) is 13.2 Å². The number of halogens is 1. The van der Waals surface area contributed by atoms with Gasteiger partial charge in [-0.1, -0.05) is 30.3 Å². The van der Waals surface area contributed by atoms with Crippen LogP contribution in [0.15, 0.2) is 42.5 Å². The molecule has 2 aromatic rings. The molecule has 0 saturated heterocycles. The molecule has 0 atom stereocenters. The molecule has 0 aliphatic heterocycles. The van der Waals surface area contributed by atoms with Crippen molar-refractivity contribution in [2.45, 2.75) is 13.8 Å². The smallest absolute Gasteiger partial charge is 0.122 e. The Bertz CT molecular complexity index is 540. The van der Waals surface area contributed by atoms with Gasteiger partial charge in [-0.25, -0.2) is 0 Å². The van der Waals surface area contributed by atoms with E-state index >= 15 is 0 Å². The summed E-state index contributed by atoms with van der Waals surface area (Å²) in [5, 5.41) is 0. The van der Waals surface area contributed by atoms with Crippen LogP contribution in [-0.2, 0) is 0 Å². The number of benzene rings is 2. The van der Waals surface area contributed by atoms with Crippen LogP contribution in [0.5, 0.6) is 5.75 Å². The third kappa shape index (κ3) is 3.72. The molecule has 0 radical (unpaired) electrons. The van der Waals surface area contributed by atoms with Crippen molar-refractivity contribution >= 4 is 12.4 Å². The third-order valence-electron chi connectivity index (χ3n) is 3.01. The quantitative estimate of drug-likeness (QED) is 0.924. The van der Waals surface area contributed by atoms with Crippen LogP contribution in [0.2, 0.25) is 0 Å². The number of hydrogen-bond donors (Lipinski definition) is 1. The summed E-state index contributed by atoms with van der Waals surface area (Å²) >= 11 is 0. The van der Waals surface area contributed by atoms with Crippen LogP contribution in [-0.4, -0.2) is 13.2 Å². The summed E-state index contributed by atoms with van der Waals surface area (Å²) in [5.41, 5.74) is 10.4. The van der Waals surface area contributed by atoms with Crippen molar-refractivity contribution in [2.24, 2.45) is 5.73 Å². The monoisotopic (exact) mass is 277 g/mol. The van der Waals surface area contributed by atoms with E-state index in [1.807, 2.05) is 6.07 Å². The zero-order valence-electron chi connectivity index (χ0n) is 11.3. The minimum absolute atomic E-state index is 0. The molecule has 3 heteroatoms. The fraction of sp³-hybridized carbons (Fsp3) is 0.250. The van der Waals surface area contributed by atoms with Crippen molar-refractivity contribution in [3.8, 4) is 16.9 Å². The summed E-state index contributed by atoms with van der Waals surface area (Å²) in [5.74, 6) is 0.915. The summed E-state index contributed by atoms with van der Waals surface area (Å²) < 4.78 is 5.58. The van der Waals surface area contributed by atoms with Crippen molar-refractivity contribution in [1.29, 1.82) is 0 Å². The summed E-state index contributed by atoms with van der Waals surface area (Å²) in [7, 11) is 0. The Hall–Kier alpha value is -1.51. The van der Waals surface area contributed by atoms with Gasteiger partial charge in [0.05, 0.1) is 0 Å². The van der Waals surface area contributed by atoms with Crippen LogP contribution in [0.4, 0.5) is 0 Å². The zero-order valence-corrected chi connectivity index (χ0v) is 12.2. The van der Waals surface area contributed by atoms with Crippen molar-refractivity contribution in [3.63, 3.8) is 0 Å². The predicted octanol–water partition coefficient (Wildman–Crippen LogP) is 3.73. The van der Waals surface area contributed by atoms with E-state index in [2.05, 4.69) is 50.2 Å². The van der Waals surface area contributed by atoms with Gasteiger partial charge in [0.1, 0.15) is 12.4 Å². The first-order valence-corrected chi connectivity index (χ1v) is 6.22. The first kappa shape index (κ1) is 15.5. The number of hydrogen-bond acceptors (Lipinski definition) is 2. The fourth-order valence-electron chi connectivity index (χ4n) is 2.04. The maximum absolute atomic E-state index is 5.58. The Morgan fingerprint density at radius 1 is 1.00 bits per heavy atom. The highest BCUT2D eigenvalue weighted by Gasteiger charge is 2.04. The minimum atomic E-state index is 0. The molecule has 0 saturated carbocycles. The molecule has 0 fully saturated rings. The Morgan fingerprint density at radius 2 is 1.74 bits per heavy atom. The lowest BCUT2D eigenvalue weighted by atomic mass is 9.99. The summed E-state index contributed by atoms with van der Waals surface area (Å²) in [6.45, 7) is 5.29. The summed E-state index contributed by atoms with van der Waals surface area (Å²) in [4.78, 5) is 0. The second-order valence-electron chi connectivity index (χ2n) is 4.43. The van der Waals surface area contributed by atoms with Crippen LogP contribution in [0.25, 0.3) is 11.1 Å². The van der Waals surface area contributed by atoms with Crippen molar-refractivity contribution in [3.05, 3.63) is 53.6 Å². The normalized spacial score (nSPS) is 9.84. The van der Waals surface area contributed by atoms with Gasteiger partial charge in [-0.2, -0.15) is 0 Å². The van der Waals surface area contributed by atoms with Crippen molar-refractivity contribution in [1.82, 2.24) is 0 Å². The van der Waals surface area contributed by atoms with Crippen LogP contribution < -0.4 is 10.5 Å². The van der Waals surface area contributed by atoms with Gasteiger partial charge in [0.25, 0.3) is 0 Å². The van der Waals surface area contributed by atoms with Crippen LogP contribution in [0.3, 0.4) is 0 Å². The molecule has 0 spiro atoms. The van der Waals surface area contributed by atoms with Gasteiger partial charge in [-0.3, -0.25) is 0 Å². The molecule has 2 aromatic carbocycles. The highest BCUT2D eigenvalue weighted by atomic mass is 35.5. The van der Waals surface area contributed by atoms with E-state index in [-0.39, 0.29) is 12.4 Å². The molecule has 102 valence electrons. The van der Waals surface area contributed by atoms with E-state index in [4.69, 9.17) is 10.5 Å². The molecule has 2 N–H and O–H groups in total. The maximum atomic E-state index is 5.58. The minimum Gasteiger partial charge on any atom is -0.492 e. The van der Waals surface area contributed by atoms with E-state index in [1.165, 1.54) is 16.7 Å². The lowest BCUT2D eigenvalue weighted by molar-refractivity contribution is 0.326. The average Bonchev–Trinajstić information content (AvgIpc) is 2.38. The zero-order chi connectivity index (χ0) is 13.0. The molecule has 0 amide bonds. The number of aryl methyl sites for hydroxylation is 2. The topological polar surface area (TPSA) is 35.2 Å². The van der Waals surface area contributed by atoms with Gasteiger partial charge in [0.15, 0.2) is 0 Å². The van der Waals surface area contributed by atoms with Gasteiger partial charge in [-0.15, -0.1) is 12.4 Å². The van der Waals surface area contributed by atoms with E-state index in [9.17, 15) is 0 Å². The largest absolute Gasteiger partial charge is 0.492 e. The fourth-order valence-corrected chi connectivity index (χ4v) is 2.04. The maximum Gasteiger partial charge on any atom is 0.122 e. The Kier molecular flexibility index (Phi) is 5.87. The highest BCUT2D eigenvalue weighted by Crippen LogP contribution is 2.28. The van der Waals surface area contributed by atoms with Gasteiger partial charge in [-0.05, 0) is 48.2 Å².